The molecule has 0 aromatic heterocycles. The van der Waals surface area contributed by atoms with Gasteiger partial charge in [0.15, 0.2) is 0 Å². The Hall–Kier alpha value is -1.82. The van der Waals surface area contributed by atoms with Crippen LogP contribution in [0.15, 0.2) is 18.2 Å². The molecule has 0 atom stereocenters. The molecule has 0 saturated carbocycles. The molecule has 0 unspecified atom stereocenters. The van der Waals surface area contributed by atoms with Crippen molar-refractivity contribution in [2.45, 2.75) is 6.42 Å². The second-order valence-electron chi connectivity index (χ2n) is 4.76. The quantitative estimate of drug-likeness (QED) is 0.777. The zero-order valence-corrected chi connectivity index (χ0v) is 10.8. The summed E-state index contributed by atoms with van der Waals surface area (Å²) in [6.45, 7) is 3.07. The van der Waals surface area contributed by atoms with Crippen molar-refractivity contribution in [3.05, 3.63) is 24.0 Å². The second-order valence-corrected chi connectivity index (χ2v) is 4.76. The molecule has 104 valence electrons. The van der Waals surface area contributed by atoms with Crippen LogP contribution in [0.5, 0.6) is 0 Å². The molecule has 0 bridgehead atoms. The third kappa shape index (κ3) is 3.35. The number of nitrogens with two attached hydrogens (primary N) is 2. The van der Waals surface area contributed by atoms with Crippen LogP contribution in [0.2, 0.25) is 0 Å². The van der Waals surface area contributed by atoms with E-state index in [9.17, 15) is 9.18 Å². The van der Waals surface area contributed by atoms with Gasteiger partial charge in [-0.2, -0.15) is 0 Å². The maximum Gasteiger partial charge on any atom is 0.231 e. The van der Waals surface area contributed by atoms with Crippen molar-refractivity contribution in [2.75, 3.05) is 43.4 Å². The molecule has 1 saturated heterocycles. The second kappa shape index (κ2) is 5.88. The monoisotopic (exact) mass is 266 g/mol. The van der Waals surface area contributed by atoms with Crippen LogP contribution in [0.3, 0.4) is 0 Å². The predicted octanol–water partition coefficient (Wildman–Crippen LogP) is 0.405. The standard InChI is InChI=1S/C13H19FN4O/c14-10-3-1-4-11(15)13(10)18-6-2-5-17(7-8-18)9-12(16)19/h1,3-4H,2,5-9,15H2,(H2,16,19). The van der Waals surface area contributed by atoms with Crippen LogP contribution >= 0.6 is 0 Å². The van der Waals surface area contributed by atoms with E-state index in [0.29, 0.717) is 24.5 Å². The van der Waals surface area contributed by atoms with Crippen molar-refractivity contribution in [3.63, 3.8) is 0 Å². The summed E-state index contributed by atoms with van der Waals surface area (Å²) >= 11 is 0. The normalized spacial score (nSPS) is 17.2. The number of hydrogen-bond acceptors (Lipinski definition) is 4. The molecular formula is C13H19FN4O. The lowest BCUT2D eigenvalue weighted by Crippen LogP contribution is -2.37. The van der Waals surface area contributed by atoms with Crippen LogP contribution < -0.4 is 16.4 Å². The van der Waals surface area contributed by atoms with Gasteiger partial charge in [0, 0.05) is 26.2 Å². The fourth-order valence-electron chi connectivity index (χ4n) is 2.44. The molecular weight excluding hydrogens is 247 g/mol. The summed E-state index contributed by atoms with van der Waals surface area (Å²) in [5, 5.41) is 0. The number of anilines is 2. The lowest BCUT2D eigenvalue weighted by Gasteiger charge is -2.25. The van der Waals surface area contributed by atoms with E-state index in [-0.39, 0.29) is 18.3 Å². The maximum atomic E-state index is 13.9. The van der Waals surface area contributed by atoms with E-state index in [0.717, 1.165) is 19.5 Å². The first-order chi connectivity index (χ1) is 9.08. The smallest absolute Gasteiger partial charge is 0.231 e. The van der Waals surface area contributed by atoms with Crippen molar-refractivity contribution in [2.24, 2.45) is 5.73 Å². The Morgan fingerprint density at radius 3 is 2.74 bits per heavy atom. The number of halogens is 1. The van der Waals surface area contributed by atoms with Crippen molar-refractivity contribution in [1.82, 2.24) is 4.90 Å². The highest BCUT2D eigenvalue weighted by Crippen LogP contribution is 2.27. The fourth-order valence-corrected chi connectivity index (χ4v) is 2.44. The minimum absolute atomic E-state index is 0.251. The number of nitrogens with zero attached hydrogens (tertiary/aromatic N) is 2. The summed E-state index contributed by atoms with van der Waals surface area (Å²) in [6.07, 6.45) is 0.848. The van der Waals surface area contributed by atoms with Crippen LogP contribution in [-0.4, -0.2) is 43.5 Å². The molecule has 0 radical (unpaired) electrons. The van der Waals surface area contributed by atoms with Crippen LogP contribution in [0, 0.1) is 5.82 Å². The minimum atomic E-state index is -0.334. The summed E-state index contributed by atoms with van der Waals surface area (Å²) < 4.78 is 13.9. The molecule has 6 heteroatoms. The Labute approximate surface area is 112 Å². The molecule has 0 spiro atoms. The van der Waals surface area contributed by atoms with Gasteiger partial charge in [0.1, 0.15) is 5.82 Å². The summed E-state index contributed by atoms with van der Waals surface area (Å²) in [6, 6.07) is 4.72. The molecule has 2 rings (SSSR count). The Balaban J connectivity index is 2.09. The van der Waals surface area contributed by atoms with E-state index in [2.05, 4.69) is 0 Å². The highest BCUT2D eigenvalue weighted by molar-refractivity contribution is 5.76. The zero-order valence-electron chi connectivity index (χ0n) is 10.8. The van der Waals surface area contributed by atoms with Crippen molar-refractivity contribution in [1.29, 1.82) is 0 Å². The third-order valence-corrected chi connectivity index (χ3v) is 3.30. The SMILES string of the molecule is NC(=O)CN1CCCN(c2c(N)cccc2F)CC1. The van der Waals surface area contributed by atoms with E-state index in [1.165, 1.54) is 6.07 Å². The van der Waals surface area contributed by atoms with Crippen molar-refractivity contribution < 1.29 is 9.18 Å². The number of carbonyl (C=O) groups excluding carboxylic acids is 1. The average Bonchev–Trinajstić information content (AvgIpc) is 2.54. The van der Waals surface area contributed by atoms with Crippen LogP contribution in [0.1, 0.15) is 6.42 Å². The van der Waals surface area contributed by atoms with Gasteiger partial charge < -0.3 is 16.4 Å². The van der Waals surface area contributed by atoms with Gasteiger partial charge in [-0.15, -0.1) is 0 Å². The van der Waals surface area contributed by atoms with Gasteiger partial charge in [0.25, 0.3) is 0 Å². The van der Waals surface area contributed by atoms with Crippen LogP contribution in [0.25, 0.3) is 0 Å². The highest BCUT2D eigenvalue weighted by atomic mass is 19.1. The Kier molecular flexibility index (Phi) is 4.21. The number of nitrogen functional groups attached to an aromatic ring is 1. The molecule has 1 fully saturated rings. The number of carbonyl (C=O) groups is 1. The largest absolute Gasteiger partial charge is 0.397 e. The van der Waals surface area contributed by atoms with Gasteiger partial charge in [-0.1, -0.05) is 6.07 Å². The van der Waals surface area contributed by atoms with Crippen LogP contribution in [0.4, 0.5) is 15.8 Å². The summed E-state index contributed by atoms with van der Waals surface area (Å²) in [4.78, 5) is 14.8. The average molecular weight is 266 g/mol. The first-order valence-corrected chi connectivity index (χ1v) is 6.37. The molecule has 19 heavy (non-hydrogen) atoms. The van der Waals surface area contributed by atoms with Crippen molar-refractivity contribution in [3.8, 4) is 0 Å². The number of para-hydroxylation sites is 1. The van der Waals surface area contributed by atoms with Crippen molar-refractivity contribution >= 4 is 17.3 Å². The van der Waals surface area contributed by atoms with E-state index in [1.807, 2.05) is 9.80 Å². The maximum absolute atomic E-state index is 13.9. The van der Waals surface area contributed by atoms with E-state index in [1.54, 1.807) is 12.1 Å². The molecule has 5 nitrogen and oxygen atoms in total. The van der Waals surface area contributed by atoms with E-state index < -0.39 is 0 Å². The predicted molar refractivity (Wildman–Crippen MR) is 73.3 cm³/mol. The molecule has 1 aromatic carbocycles. The van der Waals surface area contributed by atoms with Gasteiger partial charge in [0.2, 0.25) is 5.91 Å². The number of hydrogen-bond donors (Lipinski definition) is 2. The molecule has 1 aliphatic rings. The Morgan fingerprint density at radius 2 is 2.05 bits per heavy atom. The number of rotatable bonds is 3. The van der Waals surface area contributed by atoms with Crippen LogP contribution in [-0.2, 0) is 4.79 Å². The fraction of sp³-hybridized carbons (Fsp3) is 0.462. The number of benzene rings is 1. The zero-order chi connectivity index (χ0) is 13.8. The topological polar surface area (TPSA) is 75.6 Å². The third-order valence-electron chi connectivity index (χ3n) is 3.30. The summed E-state index contributed by atoms with van der Waals surface area (Å²) in [5.74, 6) is -0.637. The lowest BCUT2D eigenvalue weighted by atomic mass is 10.2. The molecule has 1 aliphatic heterocycles. The first kappa shape index (κ1) is 13.6. The Bertz CT molecular complexity index is 446. The van der Waals surface area contributed by atoms with Gasteiger partial charge in [-0.05, 0) is 18.6 Å². The van der Waals surface area contributed by atoms with E-state index >= 15 is 0 Å². The van der Waals surface area contributed by atoms with Gasteiger partial charge >= 0.3 is 0 Å². The van der Waals surface area contributed by atoms with Gasteiger partial charge in [-0.3, -0.25) is 9.69 Å². The Morgan fingerprint density at radius 1 is 1.26 bits per heavy atom. The molecule has 4 N–H and O–H groups in total. The first-order valence-electron chi connectivity index (χ1n) is 6.37. The van der Waals surface area contributed by atoms with Gasteiger partial charge in [-0.25, -0.2) is 4.39 Å². The molecule has 1 heterocycles. The highest BCUT2D eigenvalue weighted by Gasteiger charge is 2.19. The summed E-state index contributed by atoms with van der Waals surface area (Å²) in [7, 11) is 0. The van der Waals surface area contributed by atoms with E-state index in [4.69, 9.17) is 11.5 Å². The minimum Gasteiger partial charge on any atom is -0.397 e. The molecule has 0 aliphatic carbocycles. The summed E-state index contributed by atoms with van der Waals surface area (Å²) in [5.41, 5.74) is 12.0. The molecule has 1 aromatic rings. The van der Waals surface area contributed by atoms with Gasteiger partial charge in [0.05, 0.1) is 17.9 Å². The number of amides is 1. The molecule has 1 amide bonds. The lowest BCUT2D eigenvalue weighted by molar-refractivity contribution is -0.119. The number of primary amides is 1.